The third-order valence-corrected chi connectivity index (χ3v) is 6.43. The second-order valence-electron chi connectivity index (χ2n) is 7.11. The van der Waals surface area contributed by atoms with Gasteiger partial charge in [0.15, 0.2) is 0 Å². The number of nitrogens with one attached hydrogen (secondary N) is 1. The summed E-state index contributed by atoms with van der Waals surface area (Å²) in [5, 5.41) is 0.196. The fourth-order valence-electron chi connectivity index (χ4n) is 3.21. The molecule has 2 aromatic rings. The van der Waals surface area contributed by atoms with Gasteiger partial charge in [0.1, 0.15) is 0 Å². The van der Waals surface area contributed by atoms with E-state index in [1.54, 1.807) is 30.3 Å². The molecule has 1 heterocycles. The number of aryl methyl sites for hydroxylation is 1. The SMILES string of the molecule is Cc1ccc(S(=O)(=O)Nc2ccc(C(=O)N3CCC[C@@H](C)C3)cc2Cl)cc1. The average Bonchev–Trinajstić information content (AvgIpc) is 2.63. The zero-order valence-electron chi connectivity index (χ0n) is 15.4. The van der Waals surface area contributed by atoms with Crippen molar-refractivity contribution in [1.29, 1.82) is 0 Å². The Bertz CT molecular complexity index is 942. The number of amides is 1. The number of likely N-dealkylation sites (tertiary alicyclic amines) is 1. The van der Waals surface area contributed by atoms with Gasteiger partial charge in [-0.05, 0) is 56.0 Å². The first kappa shape index (κ1) is 19.7. The Labute approximate surface area is 165 Å². The molecule has 0 aromatic heterocycles. The molecule has 144 valence electrons. The number of hydrogen-bond donors (Lipinski definition) is 1. The molecule has 0 saturated carbocycles. The van der Waals surface area contributed by atoms with Crippen LogP contribution in [0.1, 0.15) is 35.7 Å². The molecule has 3 rings (SSSR count). The van der Waals surface area contributed by atoms with Gasteiger partial charge in [-0.2, -0.15) is 0 Å². The first-order valence-corrected chi connectivity index (χ1v) is 10.8. The number of rotatable bonds is 4. The minimum atomic E-state index is -3.74. The van der Waals surface area contributed by atoms with E-state index in [2.05, 4.69) is 11.6 Å². The van der Waals surface area contributed by atoms with Gasteiger partial charge in [-0.1, -0.05) is 36.2 Å². The smallest absolute Gasteiger partial charge is 0.261 e. The molecule has 5 nitrogen and oxygen atoms in total. The first-order chi connectivity index (χ1) is 12.8. The largest absolute Gasteiger partial charge is 0.338 e. The monoisotopic (exact) mass is 406 g/mol. The molecule has 1 amide bonds. The van der Waals surface area contributed by atoms with E-state index in [0.717, 1.165) is 31.5 Å². The van der Waals surface area contributed by atoms with E-state index in [1.807, 2.05) is 11.8 Å². The fourth-order valence-corrected chi connectivity index (χ4v) is 4.57. The number of hydrogen-bond acceptors (Lipinski definition) is 3. The summed E-state index contributed by atoms with van der Waals surface area (Å²) in [7, 11) is -3.74. The molecule has 0 radical (unpaired) electrons. The highest BCUT2D eigenvalue weighted by atomic mass is 35.5. The van der Waals surface area contributed by atoms with Gasteiger partial charge in [0.25, 0.3) is 15.9 Å². The molecule has 1 atom stereocenters. The van der Waals surface area contributed by atoms with Crippen LogP contribution in [0.25, 0.3) is 0 Å². The minimum Gasteiger partial charge on any atom is -0.338 e. The molecule has 1 aliphatic heterocycles. The number of nitrogens with zero attached hydrogens (tertiary/aromatic N) is 1. The quantitative estimate of drug-likeness (QED) is 0.822. The first-order valence-electron chi connectivity index (χ1n) is 8.94. The Morgan fingerprint density at radius 1 is 1.19 bits per heavy atom. The predicted octanol–water partition coefficient (Wildman–Crippen LogP) is 4.32. The van der Waals surface area contributed by atoms with Crippen LogP contribution in [0.2, 0.25) is 5.02 Å². The van der Waals surface area contributed by atoms with Crippen molar-refractivity contribution in [3.63, 3.8) is 0 Å². The Morgan fingerprint density at radius 2 is 1.89 bits per heavy atom. The molecule has 0 bridgehead atoms. The van der Waals surface area contributed by atoms with Crippen molar-refractivity contribution < 1.29 is 13.2 Å². The number of halogens is 1. The topological polar surface area (TPSA) is 66.5 Å². The third kappa shape index (κ3) is 4.62. The van der Waals surface area contributed by atoms with E-state index in [4.69, 9.17) is 11.6 Å². The van der Waals surface area contributed by atoms with Gasteiger partial charge in [0.05, 0.1) is 15.6 Å². The van der Waals surface area contributed by atoms with Crippen LogP contribution in [-0.2, 0) is 10.0 Å². The summed E-state index contributed by atoms with van der Waals surface area (Å²) in [5.41, 5.74) is 1.69. The molecular formula is C20H23ClN2O3S. The van der Waals surface area contributed by atoms with E-state index >= 15 is 0 Å². The van der Waals surface area contributed by atoms with Crippen molar-refractivity contribution in [2.75, 3.05) is 17.8 Å². The van der Waals surface area contributed by atoms with Crippen LogP contribution in [0.5, 0.6) is 0 Å². The summed E-state index contributed by atoms with van der Waals surface area (Å²) >= 11 is 6.26. The normalized spacial score (nSPS) is 17.6. The van der Waals surface area contributed by atoms with Crippen LogP contribution in [0.4, 0.5) is 5.69 Å². The van der Waals surface area contributed by atoms with Crippen molar-refractivity contribution in [3.8, 4) is 0 Å². The van der Waals surface area contributed by atoms with Gasteiger partial charge in [-0.25, -0.2) is 8.42 Å². The molecule has 0 unspecified atom stereocenters. The van der Waals surface area contributed by atoms with E-state index in [0.29, 0.717) is 11.5 Å². The van der Waals surface area contributed by atoms with Gasteiger partial charge in [-0.15, -0.1) is 0 Å². The van der Waals surface area contributed by atoms with Gasteiger partial charge >= 0.3 is 0 Å². The van der Waals surface area contributed by atoms with Crippen LogP contribution in [0, 0.1) is 12.8 Å². The van der Waals surface area contributed by atoms with Gasteiger partial charge < -0.3 is 4.90 Å². The second kappa shape index (κ2) is 7.90. The molecule has 1 fully saturated rings. The summed E-state index contributed by atoms with van der Waals surface area (Å²) in [5.74, 6) is 0.412. The summed E-state index contributed by atoms with van der Waals surface area (Å²) in [6.45, 7) is 5.50. The van der Waals surface area contributed by atoms with Crippen molar-refractivity contribution in [2.45, 2.75) is 31.6 Å². The number of piperidine rings is 1. The van der Waals surface area contributed by atoms with Crippen molar-refractivity contribution in [1.82, 2.24) is 4.90 Å². The third-order valence-electron chi connectivity index (χ3n) is 4.74. The number of carbonyl (C=O) groups is 1. The second-order valence-corrected chi connectivity index (χ2v) is 9.20. The van der Waals surface area contributed by atoms with E-state index in [9.17, 15) is 13.2 Å². The molecule has 7 heteroatoms. The lowest BCUT2D eigenvalue weighted by Crippen LogP contribution is -2.39. The lowest BCUT2D eigenvalue weighted by Gasteiger charge is -2.31. The summed E-state index contributed by atoms with van der Waals surface area (Å²) in [6, 6.07) is 11.2. The lowest BCUT2D eigenvalue weighted by molar-refractivity contribution is 0.0683. The van der Waals surface area contributed by atoms with Gasteiger partial charge in [0.2, 0.25) is 0 Å². The maximum absolute atomic E-state index is 12.7. The maximum Gasteiger partial charge on any atom is 0.261 e. The van der Waals surface area contributed by atoms with Crippen LogP contribution < -0.4 is 4.72 Å². The number of benzene rings is 2. The zero-order valence-corrected chi connectivity index (χ0v) is 17.0. The summed E-state index contributed by atoms with van der Waals surface area (Å²) < 4.78 is 27.5. The highest BCUT2D eigenvalue weighted by Crippen LogP contribution is 2.27. The standard InChI is InChI=1S/C20H23ClN2O3S/c1-14-5-8-17(9-6-14)27(25,26)22-19-10-7-16(12-18(19)21)20(24)23-11-3-4-15(2)13-23/h5-10,12,15,22H,3-4,11,13H2,1-2H3/t15-/m1/s1. The van der Waals surface area contributed by atoms with Gasteiger partial charge in [-0.3, -0.25) is 9.52 Å². The van der Waals surface area contributed by atoms with E-state index < -0.39 is 10.0 Å². The van der Waals surface area contributed by atoms with Crippen LogP contribution >= 0.6 is 11.6 Å². The molecule has 1 aliphatic rings. The Hall–Kier alpha value is -2.05. The highest BCUT2D eigenvalue weighted by Gasteiger charge is 2.23. The zero-order chi connectivity index (χ0) is 19.6. The molecule has 1 saturated heterocycles. The van der Waals surface area contributed by atoms with Crippen molar-refractivity contribution in [3.05, 3.63) is 58.6 Å². The molecule has 1 N–H and O–H groups in total. The van der Waals surface area contributed by atoms with E-state index in [-0.39, 0.29) is 21.5 Å². The Balaban J connectivity index is 1.78. The Morgan fingerprint density at radius 3 is 2.52 bits per heavy atom. The number of sulfonamides is 1. The Kier molecular flexibility index (Phi) is 5.77. The lowest BCUT2D eigenvalue weighted by atomic mass is 9.99. The molecule has 27 heavy (non-hydrogen) atoms. The molecule has 2 aromatic carbocycles. The minimum absolute atomic E-state index is 0.0728. The molecule has 0 aliphatic carbocycles. The van der Waals surface area contributed by atoms with Crippen molar-refractivity contribution >= 4 is 33.2 Å². The predicted molar refractivity (Wildman–Crippen MR) is 108 cm³/mol. The van der Waals surface area contributed by atoms with Crippen LogP contribution in [-0.4, -0.2) is 32.3 Å². The fraction of sp³-hybridized carbons (Fsp3) is 0.350. The van der Waals surface area contributed by atoms with Crippen LogP contribution in [0.15, 0.2) is 47.4 Å². The summed E-state index contributed by atoms with van der Waals surface area (Å²) in [6.07, 6.45) is 2.12. The van der Waals surface area contributed by atoms with Gasteiger partial charge in [0, 0.05) is 18.7 Å². The molecule has 0 spiro atoms. The van der Waals surface area contributed by atoms with Crippen LogP contribution in [0.3, 0.4) is 0 Å². The highest BCUT2D eigenvalue weighted by molar-refractivity contribution is 7.92. The average molecular weight is 407 g/mol. The summed E-state index contributed by atoms with van der Waals surface area (Å²) in [4.78, 5) is 14.7. The van der Waals surface area contributed by atoms with Crippen molar-refractivity contribution in [2.24, 2.45) is 5.92 Å². The van der Waals surface area contributed by atoms with E-state index in [1.165, 1.54) is 12.1 Å². The molecular weight excluding hydrogens is 384 g/mol. The maximum atomic E-state index is 12.7. The number of anilines is 1. The number of carbonyl (C=O) groups excluding carboxylic acids is 1.